The highest BCUT2D eigenvalue weighted by molar-refractivity contribution is 5.80. The second-order valence-electron chi connectivity index (χ2n) is 5.29. The lowest BCUT2D eigenvalue weighted by Crippen LogP contribution is -2.52. The number of carbonyl (C=O) groups excluding carboxylic acids is 1. The van der Waals surface area contributed by atoms with Gasteiger partial charge >= 0.3 is 5.97 Å². The number of rotatable bonds is 10. The van der Waals surface area contributed by atoms with Crippen LogP contribution in [0.25, 0.3) is 0 Å². The summed E-state index contributed by atoms with van der Waals surface area (Å²) in [6.07, 6.45) is 1.70. The molecule has 2 atom stereocenters. The number of ether oxygens (including phenoxy) is 2. The second kappa shape index (κ2) is 9.28. The van der Waals surface area contributed by atoms with Gasteiger partial charge in [-0.15, -0.1) is 0 Å². The lowest BCUT2D eigenvalue weighted by molar-refractivity contribution is -0.148. The van der Waals surface area contributed by atoms with E-state index in [1.807, 2.05) is 14.0 Å². The summed E-state index contributed by atoms with van der Waals surface area (Å²) in [5.74, 6) is -0.200. The summed E-state index contributed by atoms with van der Waals surface area (Å²) in [5, 5.41) is 3.29. The fourth-order valence-electron chi connectivity index (χ4n) is 1.88. The average Bonchev–Trinajstić information content (AvgIpc) is 2.41. The standard InChI is InChI=1S/C14H30N2O3/c1-7-9-15-14(3,13(17)19-6)8-10-16(4)12(2)11-18-5/h12,15H,7-11H2,1-6H3. The molecule has 0 amide bonds. The van der Waals surface area contributed by atoms with Crippen molar-refractivity contribution < 1.29 is 14.3 Å². The van der Waals surface area contributed by atoms with Crippen LogP contribution in [0.2, 0.25) is 0 Å². The minimum atomic E-state index is -0.619. The Kier molecular flexibility index (Phi) is 8.97. The lowest BCUT2D eigenvalue weighted by atomic mass is 9.97. The number of nitrogens with zero attached hydrogens (tertiary/aromatic N) is 1. The van der Waals surface area contributed by atoms with Crippen molar-refractivity contribution in [2.24, 2.45) is 0 Å². The van der Waals surface area contributed by atoms with E-state index in [-0.39, 0.29) is 5.97 Å². The van der Waals surface area contributed by atoms with Crippen LogP contribution in [0.4, 0.5) is 0 Å². The third-order valence-corrected chi connectivity index (χ3v) is 3.53. The van der Waals surface area contributed by atoms with E-state index in [1.54, 1.807) is 7.11 Å². The van der Waals surface area contributed by atoms with Crippen molar-refractivity contribution in [1.29, 1.82) is 0 Å². The fraction of sp³-hybridized carbons (Fsp3) is 0.929. The molecule has 0 aromatic rings. The first-order valence-electron chi connectivity index (χ1n) is 6.93. The van der Waals surface area contributed by atoms with Gasteiger partial charge in [-0.2, -0.15) is 0 Å². The van der Waals surface area contributed by atoms with Crippen LogP contribution < -0.4 is 5.32 Å². The highest BCUT2D eigenvalue weighted by Crippen LogP contribution is 2.13. The second-order valence-corrected chi connectivity index (χ2v) is 5.29. The predicted molar refractivity (Wildman–Crippen MR) is 77.3 cm³/mol. The molecule has 0 radical (unpaired) electrons. The van der Waals surface area contributed by atoms with Crippen LogP contribution in [0.15, 0.2) is 0 Å². The van der Waals surface area contributed by atoms with Crippen molar-refractivity contribution in [3.8, 4) is 0 Å². The van der Waals surface area contributed by atoms with Crippen molar-refractivity contribution >= 4 is 5.97 Å². The Balaban J connectivity index is 4.44. The van der Waals surface area contributed by atoms with Crippen LogP contribution in [0.3, 0.4) is 0 Å². The van der Waals surface area contributed by atoms with E-state index in [4.69, 9.17) is 9.47 Å². The molecule has 0 aliphatic heterocycles. The van der Waals surface area contributed by atoms with Gasteiger partial charge in [0.2, 0.25) is 0 Å². The van der Waals surface area contributed by atoms with Crippen molar-refractivity contribution in [2.45, 2.75) is 45.2 Å². The highest BCUT2D eigenvalue weighted by atomic mass is 16.5. The zero-order valence-corrected chi connectivity index (χ0v) is 13.3. The maximum absolute atomic E-state index is 11.9. The zero-order valence-electron chi connectivity index (χ0n) is 13.3. The monoisotopic (exact) mass is 274 g/mol. The van der Waals surface area contributed by atoms with Gasteiger partial charge in [0.15, 0.2) is 0 Å². The Morgan fingerprint density at radius 3 is 2.53 bits per heavy atom. The van der Waals surface area contributed by atoms with Gasteiger partial charge in [-0.1, -0.05) is 6.92 Å². The first-order valence-corrected chi connectivity index (χ1v) is 6.93. The smallest absolute Gasteiger partial charge is 0.325 e. The van der Waals surface area contributed by atoms with Gasteiger partial charge in [0.05, 0.1) is 13.7 Å². The van der Waals surface area contributed by atoms with E-state index in [2.05, 4.69) is 24.1 Å². The molecule has 0 saturated carbocycles. The number of hydrogen-bond donors (Lipinski definition) is 1. The molecular weight excluding hydrogens is 244 g/mol. The van der Waals surface area contributed by atoms with E-state index in [0.717, 1.165) is 19.5 Å². The SMILES string of the molecule is CCCNC(C)(CCN(C)C(C)COC)C(=O)OC. The number of likely N-dealkylation sites (N-methyl/N-ethyl adjacent to an activating group) is 1. The molecular formula is C14H30N2O3. The Bertz CT molecular complexity index is 261. The predicted octanol–water partition coefficient (Wildman–Crippen LogP) is 1.27. The topological polar surface area (TPSA) is 50.8 Å². The molecule has 0 heterocycles. The summed E-state index contributed by atoms with van der Waals surface area (Å²) in [7, 11) is 5.18. The van der Waals surface area contributed by atoms with Gasteiger partial charge in [0.1, 0.15) is 5.54 Å². The van der Waals surface area contributed by atoms with Crippen molar-refractivity contribution in [3.05, 3.63) is 0 Å². The fourth-order valence-corrected chi connectivity index (χ4v) is 1.88. The van der Waals surface area contributed by atoms with E-state index < -0.39 is 5.54 Å². The summed E-state index contributed by atoms with van der Waals surface area (Å²) in [6, 6.07) is 0.332. The summed E-state index contributed by atoms with van der Waals surface area (Å²) < 4.78 is 10.0. The number of hydrogen-bond acceptors (Lipinski definition) is 5. The molecule has 0 rings (SSSR count). The van der Waals surface area contributed by atoms with E-state index in [1.165, 1.54) is 7.11 Å². The van der Waals surface area contributed by atoms with Crippen molar-refractivity contribution in [3.63, 3.8) is 0 Å². The molecule has 1 N–H and O–H groups in total. The molecule has 5 heteroatoms. The molecule has 0 spiro atoms. The summed E-state index contributed by atoms with van der Waals surface area (Å²) in [6.45, 7) is 8.41. The van der Waals surface area contributed by atoms with Crippen LogP contribution in [0.1, 0.15) is 33.6 Å². The van der Waals surface area contributed by atoms with Crippen LogP contribution in [-0.2, 0) is 14.3 Å². The van der Waals surface area contributed by atoms with E-state index >= 15 is 0 Å². The quantitative estimate of drug-likeness (QED) is 0.608. The Morgan fingerprint density at radius 1 is 1.42 bits per heavy atom. The van der Waals surface area contributed by atoms with Crippen LogP contribution in [0, 0.1) is 0 Å². The number of methoxy groups -OCH3 is 2. The normalized spacial score (nSPS) is 16.2. The molecule has 0 aromatic carbocycles. The minimum absolute atomic E-state index is 0.200. The third kappa shape index (κ3) is 6.36. The first-order chi connectivity index (χ1) is 8.91. The molecule has 5 nitrogen and oxygen atoms in total. The van der Waals surface area contributed by atoms with Gasteiger partial charge in [-0.3, -0.25) is 4.79 Å². The number of nitrogens with one attached hydrogen (secondary N) is 1. The molecule has 114 valence electrons. The van der Waals surface area contributed by atoms with Gasteiger partial charge in [0, 0.05) is 19.7 Å². The van der Waals surface area contributed by atoms with E-state index in [0.29, 0.717) is 19.1 Å². The molecule has 0 aromatic heterocycles. The maximum atomic E-state index is 11.9. The first kappa shape index (κ1) is 18.4. The summed E-state index contributed by atoms with van der Waals surface area (Å²) in [4.78, 5) is 14.1. The summed E-state index contributed by atoms with van der Waals surface area (Å²) in [5.41, 5.74) is -0.619. The Morgan fingerprint density at radius 2 is 2.05 bits per heavy atom. The molecule has 2 unspecified atom stereocenters. The van der Waals surface area contributed by atoms with Crippen molar-refractivity contribution in [2.75, 3.05) is 41.0 Å². The van der Waals surface area contributed by atoms with Crippen LogP contribution in [-0.4, -0.2) is 63.4 Å². The average molecular weight is 274 g/mol. The van der Waals surface area contributed by atoms with Crippen molar-refractivity contribution in [1.82, 2.24) is 10.2 Å². The number of carbonyl (C=O) groups is 1. The molecule has 0 aliphatic carbocycles. The summed E-state index contributed by atoms with van der Waals surface area (Å²) >= 11 is 0. The molecule has 0 saturated heterocycles. The van der Waals surface area contributed by atoms with Crippen LogP contribution >= 0.6 is 0 Å². The molecule has 19 heavy (non-hydrogen) atoms. The number of esters is 1. The Hall–Kier alpha value is -0.650. The van der Waals surface area contributed by atoms with Gasteiger partial charge in [0.25, 0.3) is 0 Å². The third-order valence-electron chi connectivity index (χ3n) is 3.53. The van der Waals surface area contributed by atoms with Gasteiger partial charge in [-0.05, 0) is 40.3 Å². The maximum Gasteiger partial charge on any atom is 0.325 e. The molecule has 0 bridgehead atoms. The van der Waals surface area contributed by atoms with E-state index in [9.17, 15) is 4.79 Å². The van der Waals surface area contributed by atoms with Gasteiger partial charge in [-0.25, -0.2) is 0 Å². The van der Waals surface area contributed by atoms with Gasteiger partial charge < -0.3 is 19.7 Å². The minimum Gasteiger partial charge on any atom is -0.468 e. The Labute approximate surface area is 117 Å². The lowest BCUT2D eigenvalue weighted by Gasteiger charge is -2.32. The molecule has 0 fully saturated rings. The molecule has 0 aliphatic rings. The van der Waals surface area contributed by atoms with Crippen LogP contribution in [0.5, 0.6) is 0 Å². The zero-order chi connectivity index (χ0) is 14.9. The highest BCUT2D eigenvalue weighted by Gasteiger charge is 2.33. The largest absolute Gasteiger partial charge is 0.468 e.